The van der Waals surface area contributed by atoms with Crippen molar-refractivity contribution >= 4 is 17.8 Å². The normalized spacial score (nSPS) is 16.2. The number of cyclic esters (lactones) is 1. The number of aryl methyl sites for hydroxylation is 1. The molecule has 0 saturated carbocycles. The van der Waals surface area contributed by atoms with E-state index in [2.05, 4.69) is 10.4 Å². The smallest absolute Gasteiger partial charge is 0.416 e. The Balaban J connectivity index is 1.53. The van der Waals surface area contributed by atoms with Crippen molar-refractivity contribution in [3.63, 3.8) is 0 Å². The Morgan fingerprint density at radius 2 is 2.07 bits per heavy atom. The molecule has 1 unspecified atom stereocenters. The fourth-order valence-corrected chi connectivity index (χ4v) is 2.91. The van der Waals surface area contributed by atoms with Gasteiger partial charge in [-0.3, -0.25) is 14.4 Å². The highest BCUT2D eigenvalue weighted by Crippen LogP contribution is 2.27. The van der Waals surface area contributed by atoms with E-state index in [0.29, 0.717) is 23.9 Å². The van der Waals surface area contributed by atoms with E-state index in [1.807, 2.05) is 0 Å². The van der Waals surface area contributed by atoms with E-state index < -0.39 is 12.2 Å². The highest BCUT2D eigenvalue weighted by molar-refractivity contribution is 5.88. The number of ether oxygens (including phenoxy) is 3. The van der Waals surface area contributed by atoms with Crippen LogP contribution >= 0.6 is 0 Å². The number of aromatic nitrogens is 2. The number of nitrogens with zero attached hydrogens (tertiary/aromatic N) is 3. The lowest BCUT2D eigenvalue weighted by atomic mass is 10.1. The number of rotatable bonds is 7. The van der Waals surface area contributed by atoms with Gasteiger partial charge in [-0.25, -0.2) is 4.79 Å². The summed E-state index contributed by atoms with van der Waals surface area (Å²) in [6.45, 7) is 0.598. The lowest BCUT2D eigenvalue weighted by molar-refractivity contribution is -0.120. The van der Waals surface area contributed by atoms with E-state index in [1.54, 1.807) is 56.4 Å². The van der Waals surface area contributed by atoms with E-state index in [1.165, 1.54) is 4.90 Å². The molecular formula is C18H22N4O5. The Hall–Kier alpha value is -3.23. The molecule has 0 spiro atoms. The second-order valence-corrected chi connectivity index (χ2v) is 6.10. The van der Waals surface area contributed by atoms with Crippen LogP contribution in [0.3, 0.4) is 0 Å². The van der Waals surface area contributed by atoms with Crippen LogP contribution in [0.25, 0.3) is 0 Å². The molecule has 1 fully saturated rings. The van der Waals surface area contributed by atoms with Crippen molar-refractivity contribution in [1.82, 2.24) is 15.1 Å². The number of nitrogens with one attached hydrogen (secondary N) is 1. The predicted molar refractivity (Wildman–Crippen MR) is 97.1 cm³/mol. The number of carbonyl (C=O) groups is 2. The van der Waals surface area contributed by atoms with Crippen molar-refractivity contribution < 1.29 is 23.8 Å². The summed E-state index contributed by atoms with van der Waals surface area (Å²) >= 11 is 0. The first-order valence-electron chi connectivity index (χ1n) is 8.45. The van der Waals surface area contributed by atoms with Crippen LogP contribution in [0.15, 0.2) is 30.5 Å². The predicted octanol–water partition coefficient (Wildman–Crippen LogP) is 1.12. The van der Waals surface area contributed by atoms with Gasteiger partial charge in [0.25, 0.3) is 0 Å². The summed E-state index contributed by atoms with van der Waals surface area (Å²) in [4.78, 5) is 25.7. The quantitative estimate of drug-likeness (QED) is 0.780. The van der Waals surface area contributed by atoms with Crippen LogP contribution in [0.1, 0.15) is 5.56 Å². The van der Waals surface area contributed by atoms with E-state index >= 15 is 0 Å². The largest absolute Gasteiger partial charge is 0.493 e. The first-order valence-corrected chi connectivity index (χ1v) is 8.45. The molecule has 3 rings (SSSR count). The standard InChI is InChI=1S/C18H22N4O5/c1-21-17(6-7-20-21)22-11-13(27-18(22)24)10-19-16(23)9-12-4-5-14(25-2)15(8-12)26-3/h4-8,13H,9-11H2,1-3H3,(H,19,23). The number of hydrogen-bond acceptors (Lipinski definition) is 6. The molecule has 2 heterocycles. The summed E-state index contributed by atoms with van der Waals surface area (Å²) in [6, 6.07) is 7.06. The van der Waals surface area contributed by atoms with Crippen LogP contribution in [-0.4, -0.2) is 55.2 Å². The van der Waals surface area contributed by atoms with E-state index in [-0.39, 0.29) is 18.9 Å². The minimum atomic E-state index is -0.447. The Kier molecular flexibility index (Phi) is 5.49. The third-order valence-electron chi connectivity index (χ3n) is 4.29. The summed E-state index contributed by atoms with van der Waals surface area (Å²) in [5.74, 6) is 1.66. The highest BCUT2D eigenvalue weighted by atomic mass is 16.6. The molecule has 9 heteroatoms. The third-order valence-corrected chi connectivity index (χ3v) is 4.29. The van der Waals surface area contributed by atoms with Gasteiger partial charge in [0.1, 0.15) is 11.9 Å². The summed E-state index contributed by atoms with van der Waals surface area (Å²) in [7, 11) is 4.85. The number of benzene rings is 1. The molecule has 2 amide bonds. The maximum atomic E-state index is 12.2. The molecule has 1 aliphatic rings. The Morgan fingerprint density at radius 1 is 1.30 bits per heavy atom. The molecule has 1 aromatic heterocycles. The van der Waals surface area contributed by atoms with Crippen molar-refractivity contribution in [1.29, 1.82) is 0 Å². The highest BCUT2D eigenvalue weighted by Gasteiger charge is 2.33. The zero-order valence-electron chi connectivity index (χ0n) is 15.5. The van der Waals surface area contributed by atoms with Crippen LogP contribution in [0, 0.1) is 0 Å². The number of carbonyl (C=O) groups excluding carboxylic acids is 2. The third kappa shape index (κ3) is 4.13. The zero-order chi connectivity index (χ0) is 19.4. The minimum absolute atomic E-state index is 0.169. The van der Waals surface area contributed by atoms with Crippen molar-refractivity contribution in [2.24, 2.45) is 7.05 Å². The lowest BCUT2D eigenvalue weighted by Crippen LogP contribution is -2.35. The molecule has 2 aromatic rings. The number of hydrogen-bond donors (Lipinski definition) is 1. The van der Waals surface area contributed by atoms with Crippen molar-refractivity contribution in [2.75, 3.05) is 32.2 Å². The molecule has 9 nitrogen and oxygen atoms in total. The number of amides is 2. The molecule has 1 saturated heterocycles. The molecule has 144 valence electrons. The second kappa shape index (κ2) is 7.98. The molecule has 1 atom stereocenters. The van der Waals surface area contributed by atoms with Gasteiger partial charge in [-0.15, -0.1) is 0 Å². The van der Waals surface area contributed by atoms with Crippen molar-refractivity contribution in [2.45, 2.75) is 12.5 Å². The van der Waals surface area contributed by atoms with Gasteiger partial charge in [0.2, 0.25) is 5.91 Å². The molecule has 0 bridgehead atoms. The molecule has 0 radical (unpaired) electrons. The number of methoxy groups -OCH3 is 2. The Bertz CT molecular complexity index is 835. The summed E-state index contributed by atoms with van der Waals surface area (Å²) in [5.41, 5.74) is 0.796. The SMILES string of the molecule is COc1ccc(CC(=O)NCC2CN(c3ccnn3C)C(=O)O2)cc1OC. The monoisotopic (exact) mass is 374 g/mol. The molecular weight excluding hydrogens is 352 g/mol. The van der Waals surface area contributed by atoms with E-state index in [0.717, 1.165) is 5.56 Å². The van der Waals surface area contributed by atoms with E-state index in [4.69, 9.17) is 14.2 Å². The average Bonchev–Trinajstić information content (AvgIpc) is 3.24. The van der Waals surface area contributed by atoms with Gasteiger partial charge < -0.3 is 19.5 Å². The van der Waals surface area contributed by atoms with Gasteiger partial charge >= 0.3 is 6.09 Å². The van der Waals surface area contributed by atoms with Crippen LogP contribution in [-0.2, 0) is 23.0 Å². The van der Waals surface area contributed by atoms with Crippen LogP contribution in [0.4, 0.5) is 10.6 Å². The molecule has 27 heavy (non-hydrogen) atoms. The van der Waals surface area contributed by atoms with Crippen LogP contribution in [0.5, 0.6) is 11.5 Å². The van der Waals surface area contributed by atoms with Crippen LogP contribution < -0.4 is 19.7 Å². The van der Waals surface area contributed by atoms with Gasteiger partial charge in [0.15, 0.2) is 11.5 Å². The topological polar surface area (TPSA) is 94.9 Å². The fourth-order valence-electron chi connectivity index (χ4n) is 2.91. The molecule has 1 aliphatic heterocycles. The zero-order valence-corrected chi connectivity index (χ0v) is 15.5. The Labute approximate surface area is 156 Å². The first-order chi connectivity index (χ1) is 13.0. The maximum Gasteiger partial charge on any atom is 0.416 e. The van der Waals surface area contributed by atoms with Gasteiger partial charge in [0.05, 0.1) is 39.9 Å². The van der Waals surface area contributed by atoms with Gasteiger partial charge in [-0.05, 0) is 17.7 Å². The lowest BCUT2D eigenvalue weighted by Gasteiger charge is -2.13. The first kappa shape index (κ1) is 18.6. The minimum Gasteiger partial charge on any atom is -0.493 e. The average molecular weight is 374 g/mol. The molecule has 1 N–H and O–H groups in total. The Morgan fingerprint density at radius 3 is 2.74 bits per heavy atom. The molecule has 0 aliphatic carbocycles. The summed E-state index contributed by atoms with van der Waals surface area (Å²) in [5, 5.41) is 6.85. The molecule has 1 aromatic carbocycles. The second-order valence-electron chi connectivity index (χ2n) is 6.10. The summed E-state index contributed by atoms with van der Waals surface area (Å²) in [6.07, 6.45) is 0.937. The van der Waals surface area contributed by atoms with Gasteiger partial charge in [-0.2, -0.15) is 5.10 Å². The van der Waals surface area contributed by atoms with E-state index in [9.17, 15) is 9.59 Å². The van der Waals surface area contributed by atoms with Crippen LogP contribution in [0.2, 0.25) is 0 Å². The van der Waals surface area contributed by atoms with Crippen molar-refractivity contribution in [3.05, 3.63) is 36.0 Å². The van der Waals surface area contributed by atoms with Crippen molar-refractivity contribution in [3.8, 4) is 11.5 Å². The van der Waals surface area contributed by atoms with Gasteiger partial charge in [-0.1, -0.05) is 6.07 Å². The maximum absolute atomic E-state index is 12.2. The fraction of sp³-hybridized carbons (Fsp3) is 0.389. The van der Waals surface area contributed by atoms with Gasteiger partial charge in [0, 0.05) is 13.1 Å². The number of anilines is 1. The summed E-state index contributed by atoms with van der Waals surface area (Å²) < 4.78 is 17.3.